The van der Waals surface area contributed by atoms with Crippen molar-refractivity contribution in [3.05, 3.63) is 65.7 Å². The summed E-state index contributed by atoms with van der Waals surface area (Å²) < 4.78 is 10.1. The summed E-state index contributed by atoms with van der Waals surface area (Å²) in [6, 6.07) is 16.9. The highest BCUT2D eigenvalue weighted by atomic mass is 16.7. The Morgan fingerprint density at radius 3 is 2.26 bits per heavy atom. The van der Waals surface area contributed by atoms with E-state index in [0.717, 1.165) is 12.0 Å². The van der Waals surface area contributed by atoms with Gasteiger partial charge in [-0.3, -0.25) is 0 Å². The van der Waals surface area contributed by atoms with Crippen molar-refractivity contribution in [1.29, 1.82) is 0 Å². The zero-order valence-electron chi connectivity index (χ0n) is 10.8. The van der Waals surface area contributed by atoms with Gasteiger partial charge in [0, 0.05) is 0 Å². The molecule has 0 amide bonds. The molecule has 0 unspecified atom stereocenters. The second kappa shape index (κ2) is 6.59. The smallest absolute Gasteiger partial charge is 0.429 e. The summed E-state index contributed by atoms with van der Waals surface area (Å²) >= 11 is 0. The first-order valence-corrected chi connectivity index (χ1v) is 6.25. The van der Waals surface area contributed by atoms with Crippen molar-refractivity contribution in [3.8, 4) is 5.75 Å². The van der Waals surface area contributed by atoms with Gasteiger partial charge in [-0.1, -0.05) is 49.4 Å². The molecule has 0 aliphatic carbocycles. The minimum absolute atomic E-state index is 0.215. The number of carbonyl (C=O) groups is 1. The lowest BCUT2D eigenvalue weighted by molar-refractivity contribution is 0.0928. The number of carbonyl (C=O) groups excluding carboxylic acids is 1. The van der Waals surface area contributed by atoms with Gasteiger partial charge in [0.25, 0.3) is 0 Å². The van der Waals surface area contributed by atoms with Crippen molar-refractivity contribution in [1.82, 2.24) is 0 Å². The average molecular weight is 256 g/mol. The van der Waals surface area contributed by atoms with Crippen molar-refractivity contribution in [2.45, 2.75) is 20.0 Å². The van der Waals surface area contributed by atoms with Gasteiger partial charge in [-0.25, -0.2) is 4.79 Å². The lowest BCUT2D eigenvalue weighted by Gasteiger charge is -2.06. The number of aryl methyl sites for hydroxylation is 1. The lowest BCUT2D eigenvalue weighted by Crippen LogP contribution is -2.10. The van der Waals surface area contributed by atoms with Crippen LogP contribution in [0, 0.1) is 0 Å². The molecule has 0 saturated heterocycles. The SMILES string of the molecule is CCc1ccc(OC(=O)OCc2ccccc2)cc1. The van der Waals surface area contributed by atoms with Gasteiger partial charge in [-0.2, -0.15) is 0 Å². The zero-order valence-corrected chi connectivity index (χ0v) is 10.8. The quantitative estimate of drug-likeness (QED) is 0.613. The highest BCUT2D eigenvalue weighted by molar-refractivity contribution is 5.63. The van der Waals surface area contributed by atoms with Gasteiger partial charge in [-0.05, 0) is 29.7 Å². The second-order valence-electron chi connectivity index (χ2n) is 4.12. The first kappa shape index (κ1) is 13.1. The summed E-state index contributed by atoms with van der Waals surface area (Å²) in [4.78, 5) is 11.5. The second-order valence-corrected chi connectivity index (χ2v) is 4.12. The van der Waals surface area contributed by atoms with Crippen LogP contribution >= 0.6 is 0 Å². The fourth-order valence-electron chi connectivity index (χ4n) is 1.64. The molecule has 0 radical (unpaired) electrons. The largest absolute Gasteiger partial charge is 0.514 e. The van der Waals surface area contributed by atoms with Gasteiger partial charge < -0.3 is 9.47 Å². The maximum Gasteiger partial charge on any atom is 0.514 e. The minimum atomic E-state index is -0.687. The Balaban J connectivity index is 1.83. The molecule has 0 bridgehead atoms. The highest BCUT2D eigenvalue weighted by Crippen LogP contribution is 2.13. The molecule has 0 heterocycles. The van der Waals surface area contributed by atoms with Crippen LogP contribution in [0.1, 0.15) is 18.1 Å². The van der Waals surface area contributed by atoms with Gasteiger partial charge in [0.2, 0.25) is 0 Å². The number of hydrogen-bond donors (Lipinski definition) is 0. The Hall–Kier alpha value is -2.29. The molecule has 2 aromatic carbocycles. The Bertz CT molecular complexity index is 517. The molecular weight excluding hydrogens is 240 g/mol. The van der Waals surface area contributed by atoms with Crippen molar-refractivity contribution < 1.29 is 14.3 Å². The molecule has 0 aromatic heterocycles. The summed E-state index contributed by atoms with van der Waals surface area (Å²) in [5.74, 6) is 0.496. The van der Waals surface area contributed by atoms with E-state index in [4.69, 9.17) is 9.47 Å². The lowest BCUT2D eigenvalue weighted by atomic mass is 10.2. The van der Waals surface area contributed by atoms with Crippen LogP contribution in [0.4, 0.5) is 4.79 Å². The van der Waals surface area contributed by atoms with Crippen molar-refractivity contribution in [2.24, 2.45) is 0 Å². The molecule has 0 spiro atoms. The van der Waals surface area contributed by atoms with Crippen LogP contribution in [0.15, 0.2) is 54.6 Å². The van der Waals surface area contributed by atoms with Gasteiger partial charge >= 0.3 is 6.16 Å². The van der Waals surface area contributed by atoms with Crippen molar-refractivity contribution >= 4 is 6.16 Å². The van der Waals surface area contributed by atoms with Crippen LogP contribution in [0.25, 0.3) is 0 Å². The molecule has 0 fully saturated rings. The fourth-order valence-corrected chi connectivity index (χ4v) is 1.64. The summed E-state index contributed by atoms with van der Waals surface area (Å²) in [6.07, 6.45) is 0.270. The third-order valence-corrected chi connectivity index (χ3v) is 2.73. The van der Waals surface area contributed by atoms with E-state index in [1.807, 2.05) is 42.5 Å². The molecule has 19 heavy (non-hydrogen) atoms. The topological polar surface area (TPSA) is 35.5 Å². The monoisotopic (exact) mass is 256 g/mol. The van der Waals surface area contributed by atoms with E-state index in [1.165, 1.54) is 5.56 Å². The van der Waals surface area contributed by atoms with Gasteiger partial charge in [0.05, 0.1) is 0 Å². The number of ether oxygens (including phenoxy) is 2. The van der Waals surface area contributed by atoms with Crippen LogP contribution in [0.3, 0.4) is 0 Å². The van der Waals surface area contributed by atoms with E-state index in [2.05, 4.69) is 6.92 Å². The van der Waals surface area contributed by atoms with Gasteiger partial charge in [0.15, 0.2) is 0 Å². The molecule has 2 aromatic rings. The molecule has 0 saturated carbocycles. The van der Waals surface area contributed by atoms with Crippen LogP contribution < -0.4 is 4.74 Å². The number of rotatable bonds is 4. The van der Waals surface area contributed by atoms with Crippen molar-refractivity contribution in [3.63, 3.8) is 0 Å². The van der Waals surface area contributed by atoms with Crippen LogP contribution in [0.5, 0.6) is 5.75 Å². The maximum atomic E-state index is 11.5. The minimum Gasteiger partial charge on any atom is -0.429 e. The molecule has 0 N–H and O–H groups in total. The predicted octanol–water partition coefficient (Wildman–Crippen LogP) is 3.96. The van der Waals surface area contributed by atoms with Crippen molar-refractivity contribution in [2.75, 3.05) is 0 Å². The predicted molar refractivity (Wildman–Crippen MR) is 73.1 cm³/mol. The van der Waals surface area contributed by atoms with Gasteiger partial charge in [0.1, 0.15) is 12.4 Å². The molecule has 0 aliphatic heterocycles. The summed E-state index contributed by atoms with van der Waals surface area (Å²) in [7, 11) is 0. The summed E-state index contributed by atoms with van der Waals surface area (Å²) in [6.45, 7) is 2.29. The first-order chi connectivity index (χ1) is 9.28. The van der Waals surface area contributed by atoms with E-state index in [0.29, 0.717) is 5.75 Å². The molecule has 0 aliphatic rings. The first-order valence-electron chi connectivity index (χ1n) is 6.25. The Morgan fingerprint density at radius 1 is 0.947 bits per heavy atom. The Morgan fingerprint density at radius 2 is 1.63 bits per heavy atom. The van der Waals surface area contributed by atoms with Crippen LogP contribution in [0.2, 0.25) is 0 Å². The van der Waals surface area contributed by atoms with Crippen LogP contribution in [-0.4, -0.2) is 6.16 Å². The average Bonchev–Trinajstić information content (AvgIpc) is 2.47. The third kappa shape index (κ3) is 4.14. The summed E-state index contributed by atoms with van der Waals surface area (Å²) in [5, 5.41) is 0. The standard InChI is InChI=1S/C16H16O3/c1-2-13-8-10-15(11-9-13)19-16(17)18-12-14-6-4-3-5-7-14/h3-11H,2,12H2,1H3. The molecular formula is C16H16O3. The van der Waals surface area contributed by atoms with E-state index in [9.17, 15) is 4.79 Å². The summed E-state index contributed by atoms with van der Waals surface area (Å²) in [5.41, 5.74) is 2.13. The molecule has 3 heteroatoms. The normalized spacial score (nSPS) is 9.95. The Kier molecular flexibility index (Phi) is 4.56. The third-order valence-electron chi connectivity index (χ3n) is 2.73. The zero-order chi connectivity index (χ0) is 13.5. The van der Waals surface area contributed by atoms with E-state index < -0.39 is 6.16 Å². The number of benzene rings is 2. The Labute approximate surface area is 112 Å². The fraction of sp³-hybridized carbons (Fsp3) is 0.188. The molecule has 3 nitrogen and oxygen atoms in total. The molecule has 0 atom stereocenters. The molecule has 2 rings (SSSR count). The van der Waals surface area contributed by atoms with E-state index in [1.54, 1.807) is 12.1 Å². The molecule has 98 valence electrons. The number of hydrogen-bond acceptors (Lipinski definition) is 3. The highest BCUT2D eigenvalue weighted by Gasteiger charge is 2.06. The van der Waals surface area contributed by atoms with Crippen LogP contribution in [-0.2, 0) is 17.8 Å². The van der Waals surface area contributed by atoms with Gasteiger partial charge in [-0.15, -0.1) is 0 Å². The van der Waals surface area contributed by atoms with E-state index >= 15 is 0 Å². The van der Waals surface area contributed by atoms with E-state index in [-0.39, 0.29) is 6.61 Å². The maximum absolute atomic E-state index is 11.5.